The van der Waals surface area contributed by atoms with Gasteiger partial charge >= 0.3 is 0 Å². The van der Waals surface area contributed by atoms with Crippen molar-refractivity contribution in [3.8, 4) is 0 Å². The van der Waals surface area contributed by atoms with Crippen LogP contribution in [0.5, 0.6) is 0 Å². The number of rotatable bonds is 6. The van der Waals surface area contributed by atoms with Gasteiger partial charge in [0.15, 0.2) is 0 Å². The van der Waals surface area contributed by atoms with E-state index in [0.29, 0.717) is 31.0 Å². The minimum atomic E-state index is -0.237. The van der Waals surface area contributed by atoms with Gasteiger partial charge in [-0.3, -0.25) is 14.5 Å². The Morgan fingerprint density at radius 3 is 2.23 bits per heavy atom. The van der Waals surface area contributed by atoms with Crippen LogP contribution in [0.3, 0.4) is 0 Å². The van der Waals surface area contributed by atoms with Crippen LogP contribution >= 0.6 is 0 Å². The molecule has 0 saturated carbocycles. The summed E-state index contributed by atoms with van der Waals surface area (Å²) in [4.78, 5) is 32.1. The normalized spacial score (nSPS) is 17.3. The van der Waals surface area contributed by atoms with Gasteiger partial charge in [-0.15, -0.1) is 0 Å². The molecule has 6 nitrogen and oxygen atoms in total. The minimum absolute atomic E-state index is 0.222. The van der Waals surface area contributed by atoms with Crippen molar-refractivity contribution >= 4 is 23.1 Å². The third kappa shape index (κ3) is 3.83. The molecule has 0 aromatic heterocycles. The summed E-state index contributed by atoms with van der Waals surface area (Å²) in [6, 6.07) is 17.9. The van der Waals surface area contributed by atoms with Crippen molar-refractivity contribution in [1.82, 2.24) is 9.80 Å². The maximum Gasteiger partial charge on any atom is 0.277 e. The number of imide groups is 1. The number of aryl methyl sites for hydroxylation is 1. The Kier molecular flexibility index (Phi) is 5.86. The quantitative estimate of drug-likeness (QED) is 0.692. The molecule has 2 heterocycles. The van der Waals surface area contributed by atoms with Gasteiger partial charge in [-0.05, 0) is 30.2 Å². The summed E-state index contributed by atoms with van der Waals surface area (Å²) in [5.74, 6) is -0.459. The number of methoxy groups -OCH3 is 1. The van der Waals surface area contributed by atoms with Gasteiger partial charge in [0.25, 0.3) is 11.8 Å². The summed E-state index contributed by atoms with van der Waals surface area (Å²) < 4.78 is 5.11. The number of hydrogen-bond donors (Lipinski definition) is 0. The molecule has 0 aliphatic carbocycles. The van der Waals surface area contributed by atoms with Crippen molar-refractivity contribution in [2.75, 3.05) is 51.3 Å². The molecule has 0 radical (unpaired) electrons. The highest BCUT2D eigenvalue weighted by Gasteiger charge is 2.41. The summed E-state index contributed by atoms with van der Waals surface area (Å²) in [7, 11) is 1.57. The van der Waals surface area contributed by atoms with Crippen molar-refractivity contribution in [3.63, 3.8) is 0 Å². The van der Waals surface area contributed by atoms with Gasteiger partial charge in [0.05, 0.1) is 18.7 Å². The summed E-state index contributed by atoms with van der Waals surface area (Å²) >= 11 is 0. The highest BCUT2D eigenvalue weighted by Crippen LogP contribution is 2.32. The molecule has 6 heteroatoms. The highest BCUT2D eigenvalue weighted by molar-refractivity contribution is 6.35. The summed E-state index contributed by atoms with van der Waals surface area (Å²) in [6.07, 6.45) is 0. The zero-order valence-corrected chi connectivity index (χ0v) is 17.5. The highest BCUT2D eigenvalue weighted by atomic mass is 16.5. The Bertz CT molecular complexity index is 963. The number of amides is 2. The van der Waals surface area contributed by atoms with Gasteiger partial charge < -0.3 is 14.5 Å². The predicted octanol–water partition coefficient (Wildman–Crippen LogP) is 2.54. The molecule has 30 heavy (non-hydrogen) atoms. The SMILES string of the molecule is COCCN1C(=O)C(c2ccccc2)=C(N2CCN(c3cccc(C)c3)CC2)C1=O. The molecule has 0 N–H and O–H groups in total. The number of piperazine rings is 1. The standard InChI is InChI=1S/C24H27N3O3/c1-18-7-6-10-20(17-18)25-11-13-26(14-12-25)22-21(19-8-4-3-5-9-19)23(28)27(24(22)29)15-16-30-2/h3-10,17H,11-16H2,1-2H3. The lowest BCUT2D eigenvalue weighted by molar-refractivity contribution is -0.138. The Morgan fingerprint density at radius 1 is 0.867 bits per heavy atom. The molecule has 4 rings (SSSR count). The van der Waals surface area contributed by atoms with Crippen LogP contribution in [-0.2, 0) is 14.3 Å². The number of nitrogens with zero attached hydrogens (tertiary/aromatic N) is 3. The molecule has 2 aliphatic heterocycles. The smallest absolute Gasteiger partial charge is 0.277 e. The number of benzene rings is 2. The average molecular weight is 405 g/mol. The van der Waals surface area contributed by atoms with Crippen LogP contribution in [0.1, 0.15) is 11.1 Å². The van der Waals surface area contributed by atoms with Crippen LogP contribution in [0.2, 0.25) is 0 Å². The second-order valence-electron chi connectivity index (χ2n) is 7.66. The largest absolute Gasteiger partial charge is 0.383 e. The van der Waals surface area contributed by atoms with Crippen LogP contribution in [0.15, 0.2) is 60.3 Å². The number of carbonyl (C=O) groups is 2. The molecule has 0 bridgehead atoms. The summed E-state index contributed by atoms with van der Waals surface area (Å²) in [6.45, 7) is 5.66. The minimum Gasteiger partial charge on any atom is -0.383 e. The Morgan fingerprint density at radius 2 is 1.57 bits per heavy atom. The Hall–Kier alpha value is -3.12. The first-order chi connectivity index (χ1) is 14.6. The van der Waals surface area contributed by atoms with Gasteiger partial charge in [-0.2, -0.15) is 0 Å². The van der Waals surface area contributed by atoms with Gasteiger partial charge in [-0.1, -0.05) is 42.5 Å². The monoisotopic (exact) mass is 405 g/mol. The maximum atomic E-state index is 13.2. The van der Waals surface area contributed by atoms with E-state index in [9.17, 15) is 9.59 Å². The predicted molar refractivity (Wildman–Crippen MR) is 117 cm³/mol. The number of carbonyl (C=O) groups excluding carboxylic acids is 2. The molecule has 1 fully saturated rings. The fourth-order valence-corrected chi connectivity index (χ4v) is 4.12. The lowest BCUT2D eigenvalue weighted by Crippen LogP contribution is -2.47. The van der Waals surface area contributed by atoms with Gasteiger partial charge in [0.1, 0.15) is 5.70 Å². The number of anilines is 1. The molecule has 0 spiro atoms. The van der Waals surface area contributed by atoms with E-state index >= 15 is 0 Å². The molecule has 2 aromatic carbocycles. The van der Waals surface area contributed by atoms with Gasteiger partial charge in [0, 0.05) is 39.0 Å². The average Bonchev–Trinajstić information content (AvgIpc) is 3.02. The van der Waals surface area contributed by atoms with Crippen LogP contribution in [0.25, 0.3) is 5.57 Å². The number of ether oxygens (including phenoxy) is 1. The van der Waals surface area contributed by atoms with Crippen LogP contribution in [0.4, 0.5) is 5.69 Å². The van der Waals surface area contributed by atoms with Crippen LogP contribution in [0, 0.1) is 6.92 Å². The second kappa shape index (κ2) is 8.71. The lowest BCUT2D eigenvalue weighted by atomic mass is 10.0. The molecule has 1 saturated heterocycles. The summed E-state index contributed by atoms with van der Waals surface area (Å²) in [5.41, 5.74) is 4.23. The summed E-state index contributed by atoms with van der Waals surface area (Å²) in [5, 5.41) is 0. The fourth-order valence-electron chi connectivity index (χ4n) is 4.12. The topological polar surface area (TPSA) is 53.1 Å². The van der Waals surface area contributed by atoms with E-state index in [1.165, 1.54) is 16.2 Å². The van der Waals surface area contributed by atoms with E-state index in [1.807, 2.05) is 30.3 Å². The number of hydrogen-bond acceptors (Lipinski definition) is 5. The third-order valence-electron chi connectivity index (χ3n) is 5.69. The van der Waals surface area contributed by atoms with E-state index in [-0.39, 0.29) is 18.4 Å². The fraction of sp³-hybridized carbons (Fsp3) is 0.333. The third-order valence-corrected chi connectivity index (χ3v) is 5.69. The first-order valence-corrected chi connectivity index (χ1v) is 10.3. The van der Waals surface area contributed by atoms with E-state index in [2.05, 4.69) is 41.0 Å². The van der Waals surface area contributed by atoms with E-state index in [1.54, 1.807) is 7.11 Å². The molecule has 2 aliphatic rings. The van der Waals surface area contributed by atoms with Crippen molar-refractivity contribution in [2.24, 2.45) is 0 Å². The second-order valence-corrected chi connectivity index (χ2v) is 7.66. The molecule has 0 unspecified atom stereocenters. The van der Waals surface area contributed by atoms with E-state index in [4.69, 9.17) is 4.74 Å². The molecular formula is C24H27N3O3. The lowest BCUT2D eigenvalue weighted by Gasteiger charge is -2.37. The van der Waals surface area contributed by atoms with Crippen LogP contribution in [-0.4, -0.2) is 68.1 Å². The molecular weight excluding hydrogens is 378 g/mol. The van der Waals surface area contributed by atoms with Gasteiger partial charge in [-0.25, -0.2) is 0 Å². The van der Waals surface area contributed by atoms with Crippen molar-refractivity contribution in [2.45, 2.75) is 6.92 Å². The zero-order chi connectivity index (χ0) is 21.1. The van der Waals surface area contributed by atoms with Crippen molar-refractivity contribution in [3.05, 3.63) is 71.4 Å². The molecule has 2 amide bonds. The Balaban J connectivity index is 1.60. The zero-order valence-electron chi connectivity index (χ0n) is 17.5. The maximum absolute atomic E-state index is 13.2. The van der Waals surface area contributed by atoms with E-state index in [0.717, 1.165) is 18.7 Å². The first-order valence-electron chi connectivity index (χ1n) is 10.3. The van der Waals surface area contributed by atoms with Gasteiger partial charge in [0.2, 0.25) is 0 Å². The Labute approximate surface area is 177 Å². The van der Waals surface area contributed by atoms with Crippen molar-refractivity contribution in [1.29, 1.82) is 0 Å². The molecule has 156 valence electrons. The first kappa shape index (κ1) is 20.2. The molecule has 2 aromatic rings. The van der Waals surface area contributed by atoms with Crippen LogP contribution < -0.4 is 4.90 Å². The van der Waals surface area contributed by atoms with Crippen molar-refractivity contribution < 1.29 is 14.3 Å². The van der Waals surface area contributed by atoms with E-state index < -0.39 is 0 Å². The molecule has 0 atom stereocenters.